The maximum absolute atomic E-state index is 12.0. The van der Waals surface area contributed by atoms with E-state index in [9.17, 15) is 4.79 Å². The van der Waals surface area contributed by atoms with Crippen molar-refractivity contribution in [1.29, 1.82) is 0 Å². The lowest BCUT2D eigenvalue weighted by Gasteiger charge is -2.36. The van der Waals surface area contributed by atoms with Gasteiger partial charge in [-0.05, 0) is 36.3 Å². The zero-order chi connectivity index (χ0) is 12.5. The molecule has 2 rings (SSSR count). The Hall–Kier alpha value is -1.05. The summed E-state index contributed by atoms with van der Waals surface area (Å²) in [4.78, 5) is 12.0. The largest absolute Gasteiger partial charge is 0.469 e. The molecule has 2 heteroatoms. The van der Waals surface area contributed by atoms with Gasteiger partial charge in [-0.25, -0.2) is 0 Å². The number of furan rings is 1. The average Bonchev–Trinajstić information content (AvgIpc) is 2.72. The van der Waals surface area contributed by atoms with E-state index in [-0.39, 0.29) is 5.92 Å². The van der Waals surface area contributed by atoms with Crippen molar-refractivity contribution in [3.05, 3.63) is 24.2 Å². The minimum Gasteiger partial charge on any atom is -0.469 e. The molecule has 1 fully saturated rings. The summed E-state index contributed by atoms with van der Waals surface area (Å²) >= 11 is 0. The normalized spacial score (nSPS) is 26.2. The van der Waals surface area contributed by atoms with Gasteiger partial charge < -0.3 is 4.42 Å². The zero-order valence-electron chi connectivity index (χ0n) is 11.0. The van der Waals surface area contributed by atoms with Crippen LogP contribution >= 0.6 is 0 Å². The highest BCUT2D eigenvalue weighted by molar-refractivity contribution is 5.82. The van der Waals surface area contributed by atoms with Gasteiger partial charge in [0.05, 0.1) is 6.26 Å². The molecule has 17 heavy (non-hydrogen) atoms. The summed E-state index contributed by atoms with van der Waals surface area (Å²) in [6.07, 6.45) is 5.27. The number of rotatable bonds is 2. The van der Waals surface area contributed by atoms with Crippen LogP contribution < -0.4 is 0 Å². The molecule has 1 aliphatic rings. The second kappa shape index (κ2) is 4.67. The van der Waals surface area contributed by atoms with Crippen LogP contribution in [0, 0.1) is 17.3 Å². The van der Waals surface area contributed by atoms with Gasteiger partial charge in [-0.15, -0.1) is 0 Å². The van der Waals surface area contributed by atoms with Gasteiger partial charge >= 0.3 is 0 Å². The van der Waals surface area contributed by atoms with Gasteiger partial charge in [-0.1, -0.05) is 20.8 Å². The Morgan fingerprint density at radius 2 is 2.18 bits per heavy atom. The first-order valence-electron chi connectivity index (χ1n) is 6.52. The van der Waals surface area contributed by atoms with Crippen molar-refractivity contribution in [2.45, 2.75) is 46.5 Å². The van der Waals surface area contributed by atoms with Gasteiger partial charge in [-0.3, -0.25) is 4.79 Å². The summed E-state index contributed by atoms with van der Waals surface area (Å²) in [5.74, 6) is 2.18. The Morgan fingerprint density at radius 3 is 2.76 bits per heavy atom. The number of ketones is 1. The van der Waals surface area contributed by atoms with E-state index in [4.69, 9.17) is 4.42 Å². The Kier molecular flexibility index (Phi) is 3.41. The zero-order valence-corrected chi connectivity index (χ0v) is 11.0. The molecule has 2 atom stereocenters. The Balaban J connectivity index is 2.03. The van der Waals surface area contributed by atoms with E-state index in [2.05, 4.69) is 20.8 Å². The number of hydrogen-bond donors (Lipinski definition) is 0. The lowest BCUT2D eigenvalue weighted by Crippen LogP contribution is -2.32. The van der Waals surface area contributed by atoms with E-state index in [1.165, 1.54) is 0 Å². The van der Waals surface area contributed by atoms with Crippen LogP contribution in [0.25, 0.3) is 0 Å². The van der Waals surface area contributed by atoms with Crippen molar-refractivity contribution in [2.24, 2.45) is 17.3 Å². The highest BCUT2D eigenvalue weighted by Crippen LogP contribution is 2.39. The first kappa shape index (κ1) is 12.4. The fourth-order valence-corrected chi connectivity index (χ4v) is 2.77. The molecule has 0 N–H and O–H groups in total. The van der Waals surface area contributed by atoms with Crippen LogP contribution in [-0.4, -0.2) is 5.78 Å². The van der Waals surface area contributed by atoms with Crippen molar-refractivity contribution < 1.29 is 9.21 Å². The third-order valence-corrected chi connectivity index (χ3v) is 4.02. The minimum atomic E-state index is 0.166. The van der Waals surface area contributed by atoms with Crippen molar-refractivity contribution in [1.82, 2.24) is 0 Å². The second-order valence-corrected chi connectivity index (χ2v) is 6.28. The quantitative estimate of drug-likeness (QED) is 0.778. The molecule has 1 aromatic rings. The standard InChI is InChI=1S/C15H22O2/c1-15(2,3)12-6-7-14(16)11(9-12)10-13-5-4-8-17-13/h4-5,8,11-12H,6-7,9-10H2,1-3H3. The van der Waals surface area contributed by atoms with E-state index < -0.39 is 0 Å². The smallest absolute Gasteiger partial charge is 0.136 e. The molecule has 0 aliphatic heterocycles. The van der Waals surface area contributed by atoms with E-state index in [0.29, 0.717) is 17.1 Å². The highest BCUT2D eigenvalue weighted by Gasteiger charge is 2.35. The number of Topliss-reactive ketones (excluding diaryl/α,β-unsaturated/α-hetero) is 1. The monoisotopic (exact) mass is 234 g/mol. The van der Waals surface area contributed by atoms with Gasteiger partial charge in [0.2, 0.25) is 0 Å². The third-order valence-electron chi connectivity index (χ3n) is 4.02. The van der Waals surface area contributed by atoms with Crippen LogP contribution in [0.15, 0.2) is 22.8 Å². The predicted molar refractivity (Wildman–Crippen MR) is 67.7 cm³/mol. The molecule has 0 radical (unpaired) electrons. The first-order valence-corrected chi connectivity index (χ1v) is 6.52. The maximum Gasteiger partial charge on any atom is 0.136 e. The fraction of sp³-hybridized carbons (Fsp3) is 0.667. The van der Waals surface area contributed by atoms with Crippen molar-refractivity contribution >= 4 is 5.78 Å². The molecule has 1 aliphatic carbocycles. The van der Waals surface area contributed by atoms with Crippen LogP contribution in [0.3, 0.4) is 0 Å². The van der Waals surface area contributed by atoms with E-state index in [1.54, 1.807) is 6.26 Å². The molecule has 94 valence electrons. The SMILES string of the molecule is CC(C)(C)C1CCC(=O)C(Cc2ccco2)C1. The summed E-state index contributed by atoms with van der Waals surface area (Å²) < 4.78 is 5.35. The van der Waals surface area contributed by atoms with E-state index in [1.807, 2.05) is 12.1 Å². The van der Waals surface area contributed by atoms with Crippen molar-refractivity contribution in [2.75, 3.05) is 0 Å². The predicted octanol–water partition coefficient (Wildman–Crippen LogP) is 3.85. The van der Waals surface area contributed by atoms with Crippen LogP contribution in [0.4, 0.5) is 0 Å². The van der Waals surface area contributed by atoms with Crippen LogP contribution in [-0.2, 0) is 11.2 Å². The summed E-state index contributed by atoms with van der Waals surface area (Å²) in [7, 11) is 0. The Bertz CT molecular complexity index is 370. The van der Waals surface area contributed by atoms with Crippen LogP contribution in [0.1, 0.15) is 45.8 Å². The molecule has 0 aromatic carbocycles. The number of hydrogen-bond acceptors (Lipinski definition) is 2. The van der Waals surface area contributed by atoms with Crippen molar-refractivity contribution in [3.8, 4) is 0 Å². The molecular formula is C15H22O2. The molecule has 0 amide bonds. The van der Waals surface area contributed by atoms with Crippen LogP contribution in [0.5, 0.6) is 0 Å². The van der Waals surface area contributed by atoms with Crippen LogP contribution in [0.2, 0.25) is 0 Å². The maximum atomic E-state index is 12.0. The van der Waals surface area contributed by atoms with Crippen molar-refractivity contribution in [3.63, 3.8) is 0 Å². The Morgan fingerprint density at radius 1 is 1.41 bits per heavy atom. The topological polar surface area (TPSA) is 30.2 Å². The molecule has 2 nitrogen and oxygen atoms in total. The molecule has 1 aromatic heterocycles. The lowest BCUT2D eigenvalue weighted by atomic mass is 9.68. The van der Waals surface area contributed by atoms with Gasteiger partial charge in [0.1, 0.15) is 11.5 Å². The molecule has 1 heterocycles. The van der Waals surface area contributed by atoms with Gasteiger partial charge in [0.15, 0.2) is 0 Å². The Labute approximate surface area is 103 Å². The first-order chi connectivity index (χ1) is 7.97. The van der Waals surface area contributed by atoms with Gasteiger partial charge in [0.25, 0.3) is 0 Å². The third kappa shape index (κ3) is 2.99. The number of carbonyl (C=O) groups is 1. The lowest BCUT2D eigenvalue weighted by molar-refractivity contribution is -0.126. The molecule has 0 saturated heterocycles. The molecule has 0 spiro atoms. The average molecular weight is 234 g/mol. The highest BCUT2D eigenvalue weighted by atomic mass is 16.3. The van der Waals surface area contributed by atoms with E-state index >= 15 is 0 Å². The molecule has 1 saturated carbocycles. The summed E-state index contributed by atoms with van der Waals surface area (Å²) in [5, 5.41) is 0. The fourth-order valence-electron chi connectivity index (χ4n) is 2.77. The summed E-state index contributed by atoms with van der Waals surface area (Å²) in [6.45, 7) is 6.83. The molecular weight excluding hydrogens is 212 g/mol. The molecule has 0 bridgehead atoms. The summed E-state index contributed by atoms with van der Waals surface area (Å²) in [5.41, 5.74) is 0.308. The molecule has 2 unspecified atom stereocenters. The van der Waals surface area contributed by atoms with Gasteiger partial charge in [0, 0.05) is 18.8 Å². The van der Waals surface area contributed by atoms with Gasteiger partial charge in [-0.2, -0.15) is 0 Å². The summed E-state index contributed by atoms with van der Waals surface area (Å²) in [6, 6.07) is 3.86. The number of carbonyl (C=O) groups excluding carboxylic acids is 1. The second-order valence-electron chi connectivity index (χ2n) is 6.28. The van der Waals surface area contributed by atoms with E-state index in [0.717, 1.165) is 31.4 Å². The minimum absolute atomic E-state index is 0.166.